The van der Waals surface area contributed by atoms with Gasteiger partial charge in [-0.05, 0) is 36.6 Å². The summed E-state index contributed by atoms with van der Waals surface area (Å²) in [5, 5.41) is 11.2. The zero-order valence-electron chi connectivity index (χ0n) is 16.3. The highest BCUT2D eigenvalue weighted by Crippen LogP contribution is 2.37. The molecule has 1 atom stereocenters. The molecule has 1 heterocycles. The number of alkyl halides is 3. The lowest BCUT2D eigenvalue weighted by molar-refractivity contribution is -0.138. The number of rotatable bonds is 6. The second kappa shape index (κ2) is 9.54. The summed E-state index contributed by atoms with van der Waals surface area (Å²) in [7, 11) is 0. The lowest BCUT2D eigenvalue weighted by Gasteiger charge is -2.47. The maximum atomic E-state index is 13.3. The Balaban J connectivity index is 1.82. The van der Waals surface area contributed by atoms with Crippen molar-refractivity contribution in [2.24, 2.45) is 0 Å². The molecule has 1 fully saturated rings. The molecule has 6 nitrogen and oxygen atoms in total. The van der Waals surface area contributed by atoms with Crippen molar-refractivity contribution in [1.82, 2.24) is 8.83 Å². The van der Waals surface area contributed by atoms with Crippen molar-refractivity contribution in [3.05, 3.63) is 65.7 Å². The number of para-hydroxylation sites is 1. The Morgan fingerprint density at radius 3 is 2.26 bits per heavy atom. The minimum Gasteiger partial charge on any atom is -0.757 e. The Morgan fingerprint density at radius 2 is 1.71 bits per heavy atom. The smallest absolute Gasteiger partial charge is 0.416 e. The van der Waals surface area contributed by atoms with E-state index in [1.54, 1.807) is 36.4 Å². The topological polar surface area (TPSA) is 73.6 Å². The lowest BCUT2D eigenvalue weighted by atomic mass is 9.87. The molecular weight excluding hydrogens is 453 g/mol. The molecule has 0 N–H and O–H groups in total. The lowest BCUT2D eigenvalue weighted by Crippen LogP contribution is -2.59. The Kier molecular flexibility index (Phi) is 7.24. The molecule has 3 rings (SSSR count). The van der Waals surface area contributed by atoms with Crippen LogP contribution in [0.15, 0.2) is 54.6 Å². The van der Waals surface area contributed by atoms with Gasteiger partial charge in [0.2, 0.25) is 0 Å². The maximum Gasteiger partial charge on any atom is 0.416 e. The van der Waals surface area contributed by atoms with Crippen LogP contribution in [0.1, 0.15) is 24.0 Å². The van der Waals surface area contributed by atoms with Crippen LogP contribution in [0.3, 0.4) is 0 Å². The number of nitrogens with zero attached hydrogens (tertiary/aromatic N) is 4. The molecule has 1 aliphatic rings. The molecule has 0 aromatic heterocycles. The van der Waals surface area contributed by atoms with Crippen molar-refractivity contribution in [2.75, 3.05) is 18.1 Å². The summed E-state index contributed by atoms with van der Waals surface area (Å²) in [5.74, 6) is 0. The van der Waals surface area contributed by atoms with E-state index in [1.807, 2.05) is 4.90 Å². The third-order valence-electron chi connectivity index (χ3n) is 5.29. The van der Waals surface area contributed by atoms with Crippen LogP contribution in [0.2, 0.25) is 0 Å². The quantitative estimate of drug-likeness (QED) is 0.358. The van der Waals surface area contributed by atoms with Crippen LogP contribution in [0.5, 0.6) is 0 Å². The van der Waals surface area contributed by atoms with E-state index in [1.165, 1.54) is 17.1 Å². The first-order valence-corrected chi connectivity index (χ1v) is 10.7. The van der Waals surface area contributed by atoms with Crippen molar-refractivity contribution >= 4 is 28.7 Å². The van der Waals surface area contributed by atoms with Gasteiger partial charge in [0.05, 0.1) is 28.6 Å². The Morgan fingerprint density at radius 1 is 1.13 bits per heavy atom. The molecule has 0 radical (unpaired) electrons. The van der Waals surface area contributed by atoms with Crippen LogP contribution in [-0.2, 0) is 24.0 Å². The van der Waals surface area contributed by atoms with Gasteiger partial charge in [-0.15, -0.1) is 0 Å². The van der Waals surface area contributed by atoms with E-state index >= 15 is 0 Å². The number of hydrogen-bond acceptors (Lipinski definition) is 5. The first kappa shape index (κ1) is 23.5. The van der Waals surface area contributed by atoms with E-state index in [4.69, 9.17) is 11.8 Å². The number of nitriles is 1. The average Bonchev–Trinajstić information content (AvgIpc) is 2.75. The van der Waals surface area contributed by atoms with Crippen molar-refractivity contribution in [2.45, 2.75) is 31.1 Å². The summed E-state index contributed by atoms with van der Waals surface area (Å²) >= 11 is 3.17. The Labute approximate surface area is 185 Å². The molecule has 0 aliphatic carbocycles. The highest BCUT2D eigenvalue weighted by molar-refractivity contribution is 7.77. The zero-order valence-corrected chi connectivity index (χ0v) is 17.8. The molecule has 0 amide bonds. The average molecular weight is 472 g/mol. The van der Waals surface area contributed by atoms with Gasteiger partial charge in [-0.2, -0.15) is 18.4 Å². The molecule has 31 heavy (non-hydrogen) atoms. The van der Waals surface area contributed by atoms with E-state index in [9.17, 15) is 27.2 Å². The number of halogens is 4. The van der Waals surface area contributed by atoms with Gasteiger partial charge in [-0.25, -0.2) is 0 Å². The molecule has 11 heteroatoms. The minimum absolute atomic E-state index is 0.0700. The molecule has 2 aromatic rings. The Hall–Kier alpha value is -2.16. The van der Waals surface area contributed by atoms with Gasteiger partial charge < -0.3 is 4.55 Å². The number of hydrogen-bond donors (Lipinski definition) is 0. The van der Waals surface area contributed by atoms with Crippen LogP contribution in [-0.4, -0.2) is 36.2 Å². The summed E-state index contributed by atoms with van der Waals surface area (Å²) in [6, 6.07) is 16.0. The monoisotopic (exact) mass is 471 g/mol. The van der Waals surface area contributed by atoms with Gasteiger partial charge in [0.1, 0.15) is 5.54 Å². The largest absolute Gasteiger partial charge is 0.757 e. The third-order valence-corrected chi connectivity index (χ3v) is 6.19. The van der Waals surface area contributed by atoms with E-state index < -0.39 is 28.5 Å². The first-order chi connectivity index (χ1) is 14.7. The number of hydrazine groups is 1. The Bertz CT molecular complexity index is 963. The molecule has 0 saturated carbocycles. The van der Waals surface area contributed by atoms with Gasteiger partial charge in [0.25, 0.3) is 0 Å². The molecular formula is C20H19ClF3N4O2S-. The fourth-order valence-electron chi connectivity index (χ4n) is 3.75. The first-order valence-electron chi connectivity index (χ1n) is 9.37. The molecule has 0 bridgehead atoms. The van der Waals surface area contributed by atoms with Crippen LogP contribution < -0.4 is 5.01 Å². The zero-order chi connectivity index (χ0) is 22.6. The second-order valence-corrected chi connectivity index (χ2v) is 8.47. The van der Waals surface area contributed by atoms with Gasteiger partial charge in [0.15, 0.2) is 0 Å². The van der Waals surface area contributed by atoms with Gasteiger partial charge >= 0.3 is 6.18 Å². The molecule has 0 spiro atoms. The van der Waals surface area contributed by atoms with E-state index in [-0.39, 0.29) is 24.9 Å². The summed E-state index contributed by atoms with van der Waals surface area (Å²) in [6.07, 6.45) is -4.08. The van der Waals surface area contributed by atoms with E-state index in [2.05, 4.69) is 6.07 Å². The summed E-state index contributed by atoms with van der Waals surface area (Å²) < 4.78 is 63.5. The van der Waals surface area contributed by atoms with Crippen molar-refractivity contribution < 1.29 is 21.9 Å². The van der Waals surface area contributed by atoms with Gasteiger partial charge in [-0.1, -0.05) is 40.3 Å². The predicted molar refractivity (Wildman–Crippen MR) is 110 cm³/mol. The van der Waals surface area contributed by atoms with Crippen LogP contribution >= 0.6 is 11.8 Å². The molecule has 1 aliphatic heterocycles. The molecule has 1 saturated heterocycles. The highest BCUT2D eigenvalue weighted by Gasteiger charge is 2.44. The maximum absolute atomic E-state index is 13.3. The SMILES string of the molecule is N#CC1(N(c2ccccc2)N(Cl)S(=O)[O-])CCN(Cc2ccccc2C(F)(F)F)CC1. The van der Waals surface area contributed by atoms with Crippen LogP contribution in [0.4, 0.5) is 18.9 Å². The van der Waals surface area contributed by atoms with Crippen molar-refractivity contribution in [3.63, 3.8) is 0 Å². The number of likely N-dealkylation sites (tertiary alicyclic amines) is 1. The summed E-state index contributed by atoms with van der Waals surface area (Å²) in [4.78, 5) is 1.82. The molecule has 1 unspecified atom stereocenters. The third kappa shape index (κ3) is 5.19. The number of benzene rings is 2. The van der Waals surface area contributed by atoms with Gasteiger partial charge in [-0.3, -0.25) is 14.1 Å². The summed E-state index contributed by atoms with van der Waals surface area (Å²) in [5.41, 5.74) is -1.40. The predicted octanol–water partition coefficient (Wildman–Crippen LogP) is 4.24. The van der Waals surface area contributed by atoms with E-state index in [0.717, 1.165) is 6.07 Å². The highest BCUT2D eigenvalue weighted by atomic mass is 35.5. The normalized spacial score (nSPS) is 17.8. The van der Waals surface area contributed by atoms with Crippen molar-refractivity contribution in [3.8, 4) is 6.07 Å². The van der Waals surface area contributed by atoms with Crippen molar-refractivity contribution in [1.29, 1.82) is 5.26 Å². The van der Waals surface area contributed by atoms with Gasteiger partial charge in [0, 0.05) is 31.4 Å². The minimum atomic E-state index is -4.45. The molecule has 2 aromatic carbocycles. The van der Waals surface area contributed by atoms with Crippen LogP contribution in [0, 0.1) is 11.3 Å². The van der Waals surface area contributed by atoms with E-state index in [0.29, 0.717) is 22.7 Å². The van der Waals surface area contributed by atoms with Crippen LogP contribution in [0.25, 0.3) is 0 Å². The fourth-order valence-corrected chi connectivity index (χ4v) is 4.37. The fraction of sp³-hybridized carbons (Fsp3) is 0.350. The summed E-state index contributed by atoms with van der Waals surface area (Å²) in [6.45, 7) is 0.652. The second-order valence-electron chi connectivity index (χ2n) is 7.17. The number of piperidine rings is 1. The standard InChI is InChI=1S/C20H20ClF3N4O2S/c21-28(31(29)30)27(17-7-2-1-3-8-17)19(15-25)10-12-26(13-11-19)14-16-6-4-5-9-18(16)20(22,23)24/h1-9H,10-14H2,(H,29,30)/p-1. The number of anilines is 1. The molecule has 166 valence electrons.